The quantitative estimate of drug-likeness (QED) is 0.541. The van der Waals surface area contributed by atoms with E-state index >= 15 is 0 Å². The molecular weight excluding hydrogens is 252 g/mol. The molecule has 0 amide bonds. The van der Waals surface area contributed by atoms with Gasteiger partial charge in [0.05, 0.1) is 17.4 Å². The van der Waals surface area contributed by atoms with Crippen molar-refractivity contribution in [1.29, 1.82) is 0 Å². The molecule has 0 atom stereocenters. The molecule has 1 heterocycles. The number of aromatic nitrogens is 2. The van der Waals surface area contributed by atoms with Crippen LogP contribution in [0.1, 0.15) is 5.56 Å². The average molecular weight is 266 g/mol. The third-order valence-electron chi connectivity index (χ3n) is 3.08. The van der Waals surface area contributed by atoms with Crippen LogP contribution in [0.15, 0.2) is 54.9 Å². The zero-order chi connectivity index (χ0) is 13.9. The molecule has 0 aliphatic heterocycles. The molecule has 3 rings (SSSR count). The largest absolute Gasteiger partial charge is 0.425 e. The molecular formula is C16H14N2O2. The summed E-state index contributed by atoms with van der Waals surface area (Å²) >= 11 is 0. The highest BCUT2D eigenvalue weighted by Gasteiger charge is 2.08. The molecule has 100 valence electrons. The van der Waals surface area contributed by atoms with Crippen molar-refractivity contribution in [2.75, 3.05) is 0 Å². The molecule has 20 heavy (non-hydrogen) atoms. The maximum absolute atomic E-state index is 11.9. The highest BCUT2D eigenvalue weighted by molar-refractivity contribution is 5.78. The Morgan fingerprint density at radius 2 is 1.90 bits per heavy atom. The van der Waals surface area contributed by atoms with E-state index in [1.165, 1.54) is 0 Å². The van der Waals surface area contributed by atoms with Crippen LogP contribution in [-0.4, -0.2) is 15.5 Å². The van der Waals surface area contributed by atoms with Crippen LogP contribution in [0.4, 0.5) is 0 Å². The number of ether oxygens (including phenoxy) is 1. The molecule has 0 spiro atoms. The van der Waals surface area contributed by atoms with E-state index in [1.807, 2.05) is 43.3 Å². The molecule has 0 aliphatic carbocycles. The predicted octanol–water partition coefficient (Wildman–Crippen LogP) is 2.95. The third-order valence-corrected chi connectivity index (χ3v) is 3.08. The summed E-state index contributed by atoms with van der Waals surface area (Å²) in [5.74, 6) is 0.252. The van der Waals surface area contributed by atoms with Gasteiger partial charge in [0.2, 0.25) is 0 Å². The number of benzene rings is 2. The lowest BCUT2D eigenvalue weighted by Gasteiger charge is -2.06. The summed E-state index contributed by atoms with van der Waals surface area (Å²) in [6.45, 7) is 2.14. The molecule has 0 aliphatic rings. The minimum Gasteiger partial charge on any atom is -0.425 e. The standard InChI is InChI=1S/C16H14N2O2/c1-12-6-8-13(9-7-12)20-16(19)10-18-11-17-14-4-2-3-5-15(14)18/h2-9,11H,10H2,1H3. The lowest BCUT2D eigenvalue weighted by molar-refractivity contribution is -0.135. The molecule has 0 saturated heterocycles. The fourth-order valence-electron chi connectivity index (χ4n) is 2.05. The van der Waals surface area contributed by atoms with Crippen molar-refractivity contribution in [2.45, 2.75) is 13.5 Å². The van der Waals surface area contributed by atoms with Gasteiger partial charge in [-0.15, -0.1) is 0 Å². The summed E-state index contributed by atoms with van der Waals surface area (Å²) in [4.78, 5) is 16.2. The number of hydrogen-bond donors (Lipinski definition) is 0. The van der Waals surface area contributed by atoms with Gasteiger partial charge in [-0.1, -0.05) is 29.8 Å². The van der Waals surface area contributed by atoms with E-state index in [2.05, 4.69) is 4.98 Å². The van der Waals surface area contributed by atoms with Crippen LogP contribution in [0.25, 0.3) is 11.0 Å². The first-order chi connectivity index (χ1) is 9.72. The monoisotopic (exact) mass is 266 g/mol. The topological polar surface area (TPSA) is 44.1 Å². The number of carbonyl (C=O) groups is 1. The van der Waals surface area contributed by atoms with Crippen molar-refractivity contribution < 1.29 is 9.53 Å². The highest BCUT2D eigenvalue weighted by Crippen LogP contribution is 2.14. The van der Waals surface area contributed by atoms with Crippen LogP contribution < -0.4 is 4.74 Å². The molecule has 4 nitrogen and oxygen atoms in total. The Morgan fingerprint density at radius 1 is 1.15 bits per heavy atom. The van der Waals surface area contributed by atoms with E-state index in [0.29, 0.717) is 5.75 Å². The smallest absolute Gasteiger partial charge is 0.331 e. The minimum atomic E-state index is -0.308. The number of aryl methyl sites for hydroxylation is 1. The Hall–Kier alpha value is -2.62. The Labute approximate surface area is 116 Å². The Bertz CT molecular complexity index is 745. The summed E-state index contributed by atoms with van der Waals surface area (Å²) in [5, 5.41) is 0. The van der Waals surface area contributed by atoms with Crippen molar-refractivity contribution in [2.24, 2.45) is 0 Å². The van der Waals surface area contributed by atoms with Crippen molar-refractivity contribution in [3.63, 3.8) is 0 Å². The van der Waals surface area contributed by atoms with Gasteiger partial charge in [-0.05, 0) is 31.2 Å². The number of imidazole rings is 1. The van der Waals surface area contributed by atoms with E-state index in [1.54, 1.807) is 23.0 Å². The van der Waals surface area contributed by atoms with Gasteiger partial charge in [-0.2, -0.15) is 0 Å². The van der Waals surface area contributed by atoms with Gasteiger partial charge in [0.1, 0.15) is 12.3 Å². The van der Waals surface area contributed by atoms with Crippen LogP contribution in [-0.2, 0) is 11.3 Å². The van der Waals surface area contributed by atoms with Gasteiger partial charge in [0, 0.05) is 0 Å². The molecule has 0 radical (unpaired) electrons. The van der Waals surface area contributed by atoms with Gasteiger partial charge in [0.25, 0.3) is 0 Å². The fourth-order valence-corrected chi connectivity index (χ4v) is 2.05. The van der Waals surface area contributed by atoms with E-state index in [-0.39, 0.29) is 12.5 Å². The summed E-state index contributed by atoms with van der Waals surface area (Å²) in [5.41, 5.74) is 2.93. The number of fused-ring (bicyclic) bond motifs is 1. The first kappa shape index (κ1) is 12.4. The number of esters is 1. The summed E-state index contributed by atoms with van der Waals surface area (Å²) in [6, 6.07) is 15.1. The second-order valence-electron chi connectivity index (χ2n) is 4.65. The number of rotatable bonds is 3. The second kappa shape index (κ2) is 5.17. The Morgan fingerprint density at radius 3 is 2.70 bits per heavy atom. The van der Waals surface area contributed by atoms with Crippen LogP contribution in [0, 0.1) is 6.92 Å². The van der Waals surface area contributed by atoms with E-state index in [9.17, 15) is 4.79 Å². The van der Waals surface area contributed by atoms with E-state index in [0.717, 1.165) is 16.6 Å². The normalized spacial score (nSPS) is 10.7. The van der Waals surface area contributed by atoms with Crippen LogP contribution in [0.2, 0.25) is 0 Å². The Balaban J connectivity index is 1.74. The summed E-state index contributed by atoms with van der Waals surface area (Å²) in [7, 11) is 0. The van der Waals surface area contributed by atoms with Crippen molar-refractivity contribution in [3.8, 4) is 5.75 Å². The van der Waals surface area contributed by atoms with Crippen molar-refractivity contribution >= 4 is 17.0 Å². The molecule has 0 N–H and O–H groups in total. The minimum absolute atomic E-state index is 0.147. The first-order valence-electron chi connectivity index (χ1n) is 6.39. The molecule has 2 aromatic carbocycles. The first-order valence-corrected chi connectivity index (χ1v) is 6.39. The number of hydrogen-bond acceptors (Lipinski definition) is 3. The Kier molecular flexibility index (Phi) is 3.21. The average Bonchev–Trinajstić information content (AvgIpc) is 2.85. The predicted molar refractivity (Wildman–Crippen MR) is 76.5 cm³/mol. The summed E-state index contributed by atoms with van der Waals surface area (Å²) in [6.07, 6.45) is 1.65. The molecule has 4 heteroatoms. The van der Waals surface area contributed by atoms with Crippen molar-refractivity contribution in [3.05, 3.63) is 60.4 Å². The highest BCUT2D eigenvalue weighted by atomic mass is 16.5. The zero-order valence-electron chi connectivity index (χ0n) is 11.1. The molecule has 3 aromatic rings. The van der Waals surface area contributed by atoms with Crippen molar-refractivity contribution in [1.82, 2.24) is 9.55 Å². The molecule has 0 unspecified atom stereocenters. The van der Waals surface area contributed by atoms with Gasteiger partial charge < -0.3 is 9.30 Å². The zero-order valence-corrected chi connectivity index (χ0v) is 11.1. The maximum atomic E-state index is 11.9. The SMILES string of the molecule is Cc1ccc(OC(=O)Cn2cnc3ccccc32)cc1. The third kappa shape index (κ3) is 2.54. The number of nitrogens with zero attached hydrogens (tertiary/aromatic N) is 2. The van der Waals surface area contributed by atoms with Gasteiger partial charge in [-0.3, -0.25) is 0 Å². The van der Waals surface area contributed by atoms with Gasteiger partial charge in [0.15, 0.2) is 0 Å². The van der Waals surface area contributed by atoms with Gasteiger partial charge >= 0.3 is 5.97 Å². The second-order valence-corrected chi connectivity index (χ2v) is 4.65. The van der Waals surface area contributed by atoms with E-state index < -0.39 is 0 Å². The fraction of sp³-hybridized carbons (Fsp3) is 0.125. The van der Waals surface area contributed by atoms with Crippen LogP contribution in [0.3, 0.4) is 0 Å². The lowest BCUT2D eigenvalue weighted by atomic mass is 10.2. The number of para-hydroxylation sites is 2. The summed E-state index contributed by atoms with van der Waals surface area (Å²) < 4.78 is 7.09. The molecule has 0 fully saturated rings. The van der Waals surface area contributed by atoms with Gasteiger partial charge in [-0.25, -0.2) is 9.78 Å². The molecule has 1 aromatic heterocycles. The lowest BCUT2D eigenvalue weighted by Crippen LogP contribution is -2.15. The molecule has 0 saturated carbocycles. The molecule has 0 bridgehead atoms. The van der Waals surface area contributed by atoms with Crippen LogP contribution in [0.5, 0.6) is 5.75 Å². The maximum Gasteiger partial charge on any atom is 0.331 e. The van der Waals surface area contributed by atoms with E-state index in [4.69, 9.17) is 4.74 Å². The number of carbonyl (C=O) groups excluding carboxylic acids is 1. The van der Waals surface area contributed by atoms with Crippen LogP contribution >= 0.6 is 0 Å².